The first-order valence-electron chi connectivity index (χ1n) is 8.61. The molecule has 1 N–H and O–H groups in total. The summed E-state index contributed by atoms with van der Waals surface area (Å²) in [6, 6.07) is 20.5. The second-order valence-electron chi connectivity index (χ2n) is 6.28. The van der Waals surface area contributed by atoms with Crippen molar-refractivity contribution in [2.24, 2.45) is 0 Å². The molecular weight excluding hydrogens is 420 g/mol. The zero-order valence-corrected chi connectivity index (χ0v) is 16.2. The third kappa shape index (κ3) is 3.12. The summed E-state index contributed by atoms with van der Waals surface area (Å²) in [4.78, 5) is 31.4. The molecule has 1 aliphatic heterocycles. The van der Waals surface area contributed by atoms with E-state index in [1.165, 1.54) is 4.90 Å². The fraction of sp³-hybridized carbons (Fsp3) is 0.0455. The Kier molecular flexibility index (Phi) is 4.79. The van der Waals surface area contributed by atoms with Gasteiger partial charge in [-0.2, -0.15) is 0 Å². The fourth-order valence-electron chi connectivity index (χ4n) is 3.30. The number of aromatic nitrogens is 1. The molecule has 3 aromatic rings. The molecule has 1 amide bonds. The van der Waals surface area contributed by atoms with Crippen LogP contribution < -0.4 is 4.90 Å². The van der Waals surface area contributed by atoms with Crippen LogP contribution in [-0.2, 0) is 9.59 Å². The van der Waals surface area contributed by atoms with E-state index in [1.54, 1.807) is 42.6 Å². The Morgan fingerprint density at radius 1 is 0.964 bits per heavy atom. The Labute approximate surface area is 170 Å². The smallest absolute Gasteiger partial charge is 0.301 e. The maximum absolute atomic E-state index is 12.9. The van der Waals surface area contributed by atoms with Gasteiger partial charge in [0.15, 0.2) is 0 Å². The highest BCUT2D eigenvalue weighted by atomic mass is 79.9. The molecule has 0 aliphatic carbocycles. The summed E-state index contributed by atoms with van der Waals surface area (Å²) in [7, 11) is 0. The Balaban J connectivity index is 1.95. The molecule has 0 saturated carbocycles. The van der Waals surface area contributed by atoms with E-state index in [9.17, 15) is 14.7 Å². The maximum Gasteiger partial charge on any atom is 0.301 e. The zero-order valence-electron chi connectivity index (χ0n) is 14.6. The van der Waals surface area contributed by atoms with Crippen molar-refractivity contribution in [3.8, 4) is 0 Å². The molecule has 1 fully saturated rings. The molecule has 4 rings (SSSR count). The maximum atomic E-state index is 12.9. The number of pyridine rings is 1. The van der Waals surface area contributed by atoms with E-state index in [4.69, 9.17) is 0 Å². The minimum absolute atomic E-state index is 0.0455. The summed E-state index contributed by atoms with van der Waals surface area (Å²) in [5, 5.41) is 10.9. The highest BCUT2D eigenvalue weighted by molar-refractivity contribution is 9.10. The third-order valence-electron chi connectivity index (χ3n) is 4.56. The molecule has 1 atom stereocenters. The van der Waals surface area contributed by atoms with Crippen molar-refractivity contribution >= 4 is 39.2 Å². The van der Waals surface area contributed by atoms with Gasteiger partial charge in [-0.05, 0) is 17.7 Å². The van der Waals surface area contributed by atoms with Crippen LogP contribution in [0.25, 0.3) is 5.76 Å². The normalized spacial score (nSPS) is 18.5. The van der Waals surface area contributed by atoms with Crippen LogP contribution in [0.4, 0.5) is 5.82 Å². The topological polar surface area (TPSA) is 70.5 Å². The standard InChI is InChI=1S/C22H15BrN2O3/c23-16-11-12-24-17(13-16)25-19(14-7-3-1-4-8-14)18(21(27)22(25)28)20(26)15-9-5-2-6-10-15/h1-13,19,26H. The quantitative estimate of drug-likeness (QED) is 0.375. The van der Waals surface area contributed by atoms with Gasteiger partial charge in [0.1, 0.15) is 11.6 Å². The average molecular weight is 435 g/mol. The molecule has 2 aromatic carbocycles. The summed E-state index contributed by atoms with van der Waals surface area (Å²) >= 11 is 3.38. The molecular formula is C22H15BrN2O3. The van der Waals surface area contributed by atoms with E-state index >= 15 is 0 Å². The van der Waals surface area contributed by atoms with Gasteiger partial charge in [-0.15, -0.1) is 0 Å². The van der Waals surface area contributed by atoms with Gasteiger partial charge < -0.3 is 5.11 Å². The summed E-state index contributed by atoms with van der Waals surface area (Å²) in [6.07, 6.45) is 1.55. The first-order valence-corrected chi connectivity index (χ1v) is 9.40. The van der Waals surface area contributed by atoms with Crippen LogP contribution in [0.15, 0.2) is 89.0 Å². The predicted molar refractivity (Wildman–Crippen MR) is 110 cm³/mol. The van der Waals surface area contributed by atoms with Crippen LogP contribution in [0.3, 0.4) is 0 Å². The number of nitrogens with zero attached hydrogens (tertiary/aromatic N) is 2. The van der Waals surface area contributed by atoms with Crippen molar-refractivity contribution in [2.45, 2.75) is 6.04 Å². The average Bonchev–Trinajstić information content (AvgIpc) is 3.00. The predicted octanol–water partition coefficient (Wildman–Crippen LogP) is 4.47. The van der Waals surface area contributed by atoms with Gasteiger partial charge in [-0.25, -0.2) is 4.98 Å². The molecule has 138 valence electrons. The van der Waals surface area contributed by atoms with Gasteiger partial charge in [0, 0.05) is 16.2 Å². The SMILES string of the molecule is O=C1C(=O)N(c2cc(Br)ccn2)C(c2ccccc2)C1=C(O)c1ccccc1. The van der Waals surface area contributed by atoms with Gasteiger partial charge in [0.2, 0.25) is 0 Å². The van der Waals surface area contributed by atoms with Crippen LogP contribution >= 0.6 is 15.9 Å². The molecule has 1 aromatic heterocycles. The molecule has 28 heavy (non-hydrogen) atoms. The molecule has 2 heterocycles. The number of benzene rings is 2. The van der Waals surface area contributed by atoms with Crippen LogP contribution in [0.5, 0.6) is 0 Å². The van der Waals surface area contributed by atoms with E-state index < -0.39 is 17.7 Å². The van der Waals surface area contributed by atoms with Crippen LogP contribution in [0.1, 0.15) is 17.2 Å². The van der Waals surface area contributed by atoms with Crippen molar-refractivity contribution < 1.29 is 14.7 Å². The number of carbonyl (C=O) groups excluding carboxylic acids is 2. The number of halogens is 1. The molecule has 0 radical (unpaired) electrons. The van der Waals surface area contributed by atoms with E-state index in [1.807, 2.05) is 36.4 Å². The van der Waals surface area contributed by atoms with Crippen molar-refractivity contribution in [3.63, 3.8) is 0 Å². The molecule has 1 saturated heterocycles. The van der Waals surface area contributed by atoms with E-state index in [0.717, 1.165) is 4.47 Å². The number of anilines is 1. The summed E-state index contributed by atoms with van der Waals surface area (Å²) in [6.45, 7) is 0. The van der Waals surface area contributed by atoms with Gasteiger partial charge >= 0.3 is 5.91 Å². The molecule has 1 unspecified atom stereocenters. The van der Waals surface area contributed by atoms with E-state index in [0.29, 0.717) is 16.9 Å². The van der Waals surface area contributed by atoms with Crippen LogP contribution in [-0.4, -0.2) is 21.8 Å². The largest absolute Gasteiger partial charge is 0.507 e. The molecule has 6 heteroatoms. The Hall–Kier alpha value is -3.25. The first-order chi connectivity index (χ1) is 13.6. The highest BCUT2D eigenvalue weighted by Crippen LogP contribution is 2.41. The van der Waals surface area contributed by atoms with E-state index in [2.05, 4.69) is 20.9 Å². The lowest BCUT2D eigenvalue weighted by Gasteiger charge is -2.24. The van der Waals surface area contributed by atoms with Gasteiger partial charge in [-0.1, -0.05) is 76.6 Å². The monoisotopic (exact) mass is 434 g/mol. The summed E-state index contributed by atoms with van der Waals surface area (Å²) in [5.74, 6) is -1.34. The Morgan fingerprint density at radius 3 is 2.25 bits per heavy atom. The second kappa shape index (κ2) is 7.40. The van der Waals surface area contributed by atoms with Crippen molar-refractivity contribution in [2.75, 3.05) is 4.90 Å². The number of ketones is 1. The molecule has 1 aliphatic rings. The molecule has 0 spiro atoms. The van der Waals surface area contributed by atoms with Gasteiger partial charge in [-0.3, -0.25) is 14.5 Å². The van der Waals surface area contributed by atoms with Gasteiger partial charge in [0.25, 0.3) is 5.78 Å². The molecule has 0 bridgehead atoms. The van der Waals surface area contributed by atoms with Crippen LogP contribution in [0.2, 0.25) is 0 Å². The lowest BCUT2D eigenvalue weighted by Crippen LogP contribution is -2.30. The number of carbonyl (C=O) groups is 2. The number of hydrogen-bond donors (Lipinski definition) is 1. The number of Topliss-reactive ketones (excluding diaryl/α,β-unsaturated/α-hetero) is 1. The minimum atomic E-state index is -0.775. The number of rotatable bonds is 3. The highest BCUT2D eigenvalue weighted by Gasteiger charge is 2.47. The lowest BCUT2D eigenvalue weighted by atomic mass is 9.95. The fourth-order valence-corrected chi connectivity index (χ4v) is 3.62. The second-order valence-corrected chi connectivity index (χ2v) is 7.19. The first kappa shape index (κ1) is 18.1. The third-order valence-corrected chi connectivity index (χ3v) is 5.05. The molecule has 5 nitrogen and oxygen atoms in total. The van der Waals surface area contributed by atoms with Crippen molar-refractivity contribution in [1.29, 1.82) is 0 Å². The zero-order chi connectivity index (χ0) is 19.7. The number of amides is 1. The van der Waals surface area contributed by atoms with E-state index in [-0.39, 0.29) is 11.3 Å². The number of aliphatic hydroxyl groups is 1. The van der Waals surface area contributed by atoms with Crippen LogP contribution in [0, 0.1) is 0 Å². The minimum Gasteiger partial charge on any atom is -0.507 e. The van der Waals surface area contributed by atoms with Gasteiger partial charge in [0.05, 0.1) is 11.6 Å². The number of aliphatic hydroxyl groups excluding tert-OH is 1. The Morgan fingerprint density at radius 2 is 1.61 bits per heavy atom. The van der Waals surface area contributed by atoms with Crippen molar-refractivity contribution in [3.05, 3.63) is 100 Å². The Bertz CT molecular complexity index is 1080. The number of hydrogen-bond acceptors (Lipinski definition) is 4. The summed E-state index contributed by atoms with van der Waals surface area (Å²) < 4.78 is 0.731. The summed E-state index contributed by atoms with van der Waals surface area (Å²) in [5.41, 5.74) is 1.23. The lowest BCUT2D eigenvalue weighted by molar-refractivity contribution is -0.132. The van der Waals surface area contributed by atoms with Crippen molar-refractivity contribution in [1.82, 2.24) is 4.98 Å².